The number of hydrogen-bond acceptors (Lipinski definition) is 2. The molecular formula is C19H22N2O. The van der Waals surface area contributed by atoms with Gasteiger partial charge in [0.25, 0.3) is 0 Å². The average Bonchev–Trinajstić information content (AvgIpc) is 2.57. The van der Waals surface area contributed by atoms with Crippen LogP contribution in [0.2, 0.25) is 0 Å². The van der Waals surface area contributed by atoms with E-state index in [1.165, 1.54) is 16.8 Å². The van der Waals surface area contributed by atoms with Crippen LogP contribution in [-0.4, -0.2) is 29.9 Å². The lowest BCUT2D eigenvalue weighted by Gasteiger charge is -2.32. The van der Waals surface area contributed by atoms with Gasteiger partial charge in [-0.1, -0.05) is 48.5 Å². The van der Waals surface area contributed by atoms with Gasteiger partial charge >= 0.3 is 0 Å². The lowest BCUT2D eigenvalue weighted by Crippen LogP contribution is -2.41. The average molecular weight is 294 g/mol. The zero-order valence-electron chi connectivity index (χ0n) is 13.0. The fourth-order valence-corrected chi connectivity index (χ4v) is 3.04. The van der Waals surface area contributed by atoms with E-state index in [-0.39, 0.29) is 5.91 Å². The molecule has 0 saturated carbocycles. The van der Waals surface area contributed by atoms with Gasteiger partial charge in [0.1, 0.15) is 0 Å². The molecule has 114 valence electrons. The van der Waals surface area contributed by atoms with Crippen molar-refractivity contribution in [1.29, 1.82) is 0 Å². The normalized spacial score (nSPS) is 15.6. The third-order valence-corrected chi connectivity index (χ3v) is 4.31. The number of anilines is 1. The molecule has 1 amide bonds. The minimum atomic E-state index is 0.183. The number of nitrogens with zero attached hydrogens (tertiary/aromatic N) is 1. The molecule has 1 aliphatic rings. The van der Waals surface area contributed by atoms with Crippen molar-refractivity contribution in [2.75, 3.05) is 18.4 Å². The van der Waals surface area contributed by atoms with E-state index < -0.39 is 0 Å². The maximum atomic E-state index is 11.4. The van der Waals surface area contributed by atoms with Crippen molar-refractivity contribution in [2.24, 2.45) is 0 Å². The number of para-hydroxylation sites is 1. The maximum Gasteiger partial charge on any atom is 0.219 e. The maximum absolute atomic E-state index is 11.4. The van der Waals surface area contributed by atoms with Crippen molar-refractivity contribution in [3.05, 3.63) is 54.6 Å². The summed E-state index contributed by atoms with van der Waals surface area (Å²) < 4.78 is 0. The van der Waals surface area contributed by atoms with E-state index in [1.807, 2.05) is 11.0 Å². The van der Waals surface area contributed by atoms with Gasteiger partial charge in [0.15, 0.2) is 0 Å². The SMILES string of the molecule is CC(=O)N1CCC(Nc2ccccc2-c2ccccc2)CC1. The number of likely N-dealkylation sites (tertiary alicyclic amines) is 1. The van der Waals surface area contributed by atoms with Crippen molar-refractivity contribution in [1.82, 2.24) is 4.90 Å². The van der Waals surface area contributed by atoms with Gasteiger partial charge in [0.05, 0.1) is 0 Å². The smallest absolute Gasteiger partial charge is 0.219 e. The van der Waals surface area contributed by atoms with E-state index in [1.54, 1.807) is 6.92 Å². The number of amides is 1. The topological polar surface area (TPSA) is 32.3 Å². The lowest BCUT2D eigenvalue weighted by molar-refractivity contribution is -0.129. The van der Waals surface area contributed by atoms with Crippen LogP contribution in [0.1, 0.15) is 19.8 Å². The predicted octanol–water partition coefficient (Wildman–Crippen LogP) is 3.78. The van der Waals surface area contributed by atoms with Crippen LogP contribution in [0.25, 0.3) is 11.1 Å². The third kappa shape index (κ3) is 3.30. The first-order chi connectivity index (χ1) is 10.7. The van der Waals surface area contributed by atoms with Crippen molar-refractivity contribution in [3.8, 4) is 11.1 Å². The summed E-state index contributed by atoms with van der Waals surface area (Å²) in [7, 11) is 0. The Bertz CT molecular complexity index is 631. The highest BCUT2D eigenvalue weighted by molar-refractivity contribution is 5.78. The molecule has 22 heavy (non-hydrogen) atoms. The summed E-state index contributed by atoms with van der Waals surface area (Å²) in [6.07, 6.45) is 2.01. The second-order valence-electron chi connectivity index (χ2n) is 5.84. The molecule has 0 radical (unpaired) electrons. The highest BCUT2D eigenvalue weighted by atomic mass is 16.2. The van der Waals surface area contributed by atoms with Gasteiger partial charge in [-0.05, 0) is 24.5 Å². The standard InChI is InChI=1S/C19H22N2O/c1-15(22)21-13-11-17(12-14-21)20-19-10-6-5-9-18(19)16-7-3-2-4-8-16/h2-10,17,20H,11-14H2,1H3. The van der Waals surface area contributed by atoms with Crippen LogP contribution in [-0.2, 0) is 4.79 Å². The Morgan fingerprint density at radius 3 is 2.32 bits per heavy atom. The van der Waals surface area contributed by atoms with Crippen LogP contribution >= 0.6 is 0 Å². The number of carbonyl (C=O) groups excluding carboxylic acids is 1. The molecule has 0 bridgehead atoms. The highest BCUT2D eigenvalue weighted by Crippen LogP contribution is 2.29. The molecule has 0 spiro atoms. The molecule has 1 saturated heterocycles. The third-order valence-electron chi connectivity index (χ3n) is 4.31. The molecule has 1 fully saturated rings. The Morgan fingerprint density at radius 2 is 1.64 bits per heavy atom. The first kappa shape index (κ1) is 14.6. The van der Waals surface area contributed by atoms with Gasteiger partial charge in [-0.15, -0.1) is 0 Å². The molecule has 3 heteroatoms. The minimum Gasteiger partial charge on any atom is -0.382 e. The van der Waals surface area contributed by atoms with Gasteiger partial charge in [0, 0.05) is 37.3 Å². The van der Waals surface area contributed by atoms with E-state index >= 15 is 0 Å². The van der Waals surface area contributed by atoms with Gasteiger partial charge in [-0.25, -0.2) is 0 Å². The molecule has 1 aliphatic heterocycles. The number of piperidine rings is 1. The van der Waals surface area contributed by atoms with Crippen molar-refractivity contribution in [3.63, 3.8) is 0 Å². The molecule has 1 heterocycles. The van der Waals surface area contributed by atoms with Gasteiger partial charge in [-0.2, -0.15) is 0 Å². The Morgan fingerprint density at radius 1 is 1.00 bits per heavy atom. The molecule has 0 atom stereocenters. The largest absolute Gasteiger partial charge is 0.382 e. The summed E-state index contributed by atoms with van der Waals surface area (Å²) in [5, 5.41) is 3.67. The van der Waals surface area contributed by atoms with E-state index in [0.717, 1.165) is 25.9 Å². The number of hydrogen-bond donors (Lipinski definition) is 1. The number of nitrogens with one attached hydrogen (secondary N) is 1. The van der Waals surface area contributed by atoms with Crippen molar-refractivity contribution >= 4 is 11.6 Å². The summed E-state index contributed by atoms with van der Waals surface area (Å²) in [5.41, 5.74) is 3.64. The number of carbonyl (C=O) groups is 1. The lowest BCUT2D eigenvalue weighted by atomic mass is 10.0. The Balaban J connectivity index is 1.73. The molecule has 0 aromatic heterocycles. The summed E-state index contributed by atoms with van der Waals surface area (Å²) >= 11 is 0. The fourth-order valence-electron chi connectivity index (χ4n) is 3.04. The predicted molar refractivity (Wildman–Crippen MR) is 90.8 cm³/mol. The van der Waals surface area contributed by atoms with Crippen molar-refractivity contribution in [2.45, 2.75) is 25.8 Å². The number of benzene rings is 2. The quantitative estimate of drug-likeness (QED) is 0.934. The number of rotatable bonds is 3. The second kappa shape index (κ2) is 6.65. The summed E-state index contributed by atoms with van der Waals surface area (Å²) in [4.78, 5) is 13.3. The second-order valence-corrected chi connectivity index (χ2v) is 5.84. The highest BCUT2D eigenvalue weighted by Gasteiger charge is 2.21. The Labute approximate surface area is 132 Å². The van der Waals surface area contributed by atoms with E-state index in [0.29, 0.717) is 6.04 Å². The van der Waals surface area contributed by atoms with Gasteiger partial charge in [0.2, 0.25) is 5.91 Å². The van der Waals surface area contributed by atoms with Crippen LogP contribution in [0.15, 0.2) is 54.6 Å². The molecule has 3 rings (SSSR count). The first-order valence-electron chi connectivity index (χ1n) is 7.90. The molecule has 3 nitrogen and oxygen atoms in total. The van der Waals surface area contributed by atoms with Crippen LogP contribution in [0, 0.1) is 0 Å². The van der Waals surface area contributed by atoms with E-state index in [2.05, 4.69) is 53.8 Å². The van der Waals surface area contributed by atoms with Gasteiger partial charge in [-0.3, -0.25) is 4.79 Å². The van der Waals surface area contributed by atoms with Crippen molar-refractivity contribution < 1.29 is 4.79 Å². The summed E-state index contributed by atoms with van der Waals surface area (Å²) in [5.74, 6) is 0.183. The first-order valence-corrected chi connectivity index (χ1v) is 7.90. The van der Waals surface area contributed by atoms with Crippen LogP contribution in [0.4, 0.5) is 5.69 Å². The molecular weight excluding hydrogens is 272 g/mol. The molecule has 0 unspecified atom stereocenters. The monoisotopic (exact) mass is 294 g/mol. The molecule has 1 N–H and O–H groups in total. The zero-order chi connectivity index (χ0) is 15.4. The summed E-state index contributed by atoms with van der Waals surface area (Å²) in [6, 6.07) is 19.3. The van der Waals surface area contributed by atoms with Crippen LogP contribution in [0.5, 0.6) is 0 Å². The zero-order valence-corrected chi connectivity index (χ0v) is 13.0. The Hall–Kier alpha value is -2.29. The molecule has 2 aromatic carbocycles. The van der Waals surface area contributed by atoms with E-state index in [4.69, 9.17) is 0 Å². The van der Waals surface area contributed by atoms with Gasteiger partial charge < -0.3 is 10.2 Å². The molecule has 0 aliphatic carbocycles. The molecule has 2 aromatic rings. The van der Waals surface area contributed by atoms with E-state index in [9.17, 15) is 4.79 Å². The Kier molecular flexibility index (Phi) is 4.42. The fraction of sp³-hybridized carbons (Fsp3) is 0.316. The van der Waals surface area contributed by atoms with Crippen LogP contribution in [0.3, 0.4) is 0 Å². The summed E-state index contributed by atoms with van der Waals surface area (Å²) in [6.45, 7) is 3.35. The minimum absolute atomic E-state index is 0.183. The van der Waals surface area contributed by atoms with Crippen LogP contribution < -0.4 is 5.32 Å².